The molecule has 3 N–H and O–H groups in total. The molecule has 0 fully saturated rings. The molecule has 0 radical (unpaired) electrons. The van der Waals surface area contributed by atoms with Crippen LogP contribution in [-0.4, -0.2) is 23.6 Å². The molecule has 2 rings (SSSR count). The summed E-state index contributed by atoms with van der Waals surface area (Å²) in [5.74, 6) is -0.410. The SMILES string of the molecule is C[C@H](NC(=O)OC(C)(C)C)C(=O)Nc1ccc(C#N)cc1Nc1ccccc1. The highest BCUT2D eigenvalue weighted by atomic mass is 16.6. The molecule has 0 bridgehead atoms. The van der Waals surface area contributed by atoms with Crippen molar-refractivity contribution < 1.29 is 14.3 Å². The Labute approximate surface area is 164 Å². The van der Waals surface area contributed by atoms with E-state index in [0.29, 0.717) is 16.9 Å². The van der Waals surface area contributed by atoms with E-state index < -0.39 is 23.6 Å². The first kappa shape index (κ1) is 20.8. The van der Waals surface area contributed by atoms with E-state index in [1.165, 1.54) is 0 Å². The van der Waals surface area contributed by atoms with Gasteiger partial charge in [-0.1, -0.05) is 18.2 Å². The van der Waals surface area contributed by atoms with Crippen molar-refractivity contribution in [3.63, 3.8) is 0 Å². The fourth-order valence-corrected chi connectivity index (χ4v) is 2.29. The number of nitriles is 1. The topological polar surface area (TPSA) is 103 Å². The predicted octanol–water partition coefficient (Wildman–Crippen LogP) is 4.15. The fourth-order valence-electron chi connectivity index (χ4n) is 2.29. The van der Waals surface area contributed by atoms with E-state index >= 15 is 0 Å². The molecule has 0 saturated heterocycles. The van der Waals surface area contributed by atoms with Crippen molar-refractivity contribution in [1.29, 1.82) is 5.26 Å². The number of rotatable bonds is 5. The van der Waals surface area contributed by atoms with Gasteiger partial charge in [0.05, 0.1) is 23.0 Å². The molecule has 0 unspecified atom stereocenters. The summed E-state index contributed by atoms with van der Waals surface area (Å²) in [6, 6.07) is 15.6. The molecule has 0 heterocycles. The minimum Gasteiger partial charge on any atom is -0.444 e. The van der Waals surface area contributed by atoms with Crippen LogP contribution in [0.5, 0.6) is 0 Å². The van der Waals surface area contributed by atoms with Crippen LogP contribution in [0.1, 0.15) is 33.3 Å². The minimum atomic E-state index is -0.810. The Kier molecular flexibility index (Phi) is 6.61. The van der Waals surface area contributed by atoms with E-state index in [0.717, 1.165) is 5.69 Å². The summed E-state index contributed by atoms with van der Waals surface area (Å²) < 4.78 is 5.16. The van der Waals surface area contributed by atoms with Crippen LogP contribution in [0, 0.1) is 11.3 Å². The summed E-state index contributed by atoms with van der Waals surface area (Å²) in [7, 11) is 0. The third-order valence-electron chi connectivity index (χ3n) is 3.59. The highest BCUT2D eigenvalue weighted by Crippen LogP contribution is 2.27. The van der Waals surface area contributed by atoms with Gasteiger partial charge in [-0.2, -0.15) is 5.26 Å². The molecule has 1 atom stereocenters. The van der Waals surface area contributed by atoms with Gasteiger partial charge in [0, 0.05) is 5.69 Å². The highest BCUT2D eigenvalue weighted by Gasteiger charge is 2.21. The average molecular weight is 380 g/mol. The molecule has 146 valence electrons. The van der Waals surface area contributed by atoms with Crippen molar-refractivity contribution >= 4 is 29.1 Å². The lowest BCUT2D eigenvalue weighted by Crippen LogP contribution is -2.44. The maximum Gasteiger partial charge on any atom is 0.408 e. The molecule has 7 nitrogen and oxygen atoms in total. The van der Waals surface area contributed by atoms with Crippen molar-refractivity contribution in [3.05, 3.63) is 54.1 Å². The van der Waals surface area contributed by atoms with E-state index in [9.17, 15) is 9.59 Å². The number of nitrogens with zero attached hydrogens (tertiary/aromatic N) is 1. The Morgan fingerprint density at radius 3 is 2.36 bits per heavy atom. The van der Waals surface area contributed by atoms with Crippen molar-refractivity contribution in [2.24, 2.45) is 0 Å². The monoisotopic (exact) mass is 380 g/mol. The van der Waals surface area contributed by atoms with Gasteiger partial charge >= 0.3 is 6.09 Å². The van der Waals surface area contributed by atoms with Crippen molar-refractivity contribution in [3.8, 4) is 6.07 Å². The molecule has 0 aliphatic rings. The van der Waals surface area contributed by atoms with Crippen molar-refractivity contribution in [2.45, 2.75) is 39.3 Å². The molecule has 28 heavy (non-hydrogen) atoms. The van der Waals surface area contributed by atoms with Gasteiger partial charge in [-0.15, -0.1) is 0 Å². The molecular formula is C21H24N4O3. The van der Waals surface area contributed by atoms with Crippen LogP contribution in [0.15, 0.2) is 48.5 Å². The largest absolute Gasteiger partial charge is 0.444 e. The number of benzene rings is 2. The molecule has 7 heteroatoms. The number of alkyl carbamates (subject to hydrolysis) is 1. The van der Waals surface area contributed by atoms with E-state index in [-0.39, 0.29) is 0 Å². The lowest BCUT2D eigenvalue weighted by Gasteiger charge is -2.22. The summed E-state index contributed by atoms with van der Waals surface area (Å²) >= 11 is 0. The van der Waals surface area contributed by atoms with Crippen molar-refractivity contribution in [1.82, 2.24) is 5.32 Å². The van der Waals surface area contributed by atoms with Gasteiger partial charge in [0.1, 0.15) is 11.6 Å². The zero-order chi connectivity index (χ0) is 20.7. The zero-order valence-electron chi connectivity index (χ0n) is 16.4. The Hall–Kier alpha value is -3.53. The number of anilines is 3. The van der Waals surface area contributed by atoms with Gasteiger partial charge in [0.2, 0.25) is 5.91 Å². The molecule has 2 aromatic rings. The molecule has 0 aliphatic heterocycles. The number of ether oxygens (including phenoxy) is 1. The minimum absolute atomic E-state index is 0.410. The molecule has 0 saturated carbocycles. The first-order valence-electron chi connectivity index (χ1n) is 8.84. The summed E-state index contributed by atoms with van der Waals surface area (Å²) in [5, 5.41) is 17.6. The van der Waals surface area contributed by atoms with Crippen LogP contribution in [0.3, 0.4) is 0 Å². The lowest BCUT2D eigenvalue weighted by atomic mass is 10.1. The van der Waals surface area contributed by atoms with E-state index in [1.807, 2.05) is 30.3 Å². The number of hydrogen-bond acceptors (Lipinski definition) is 5. The van der Waals surface area contributed by atoms with Crippen LogP contribution in [-0.2, 0) is 9.53 Å². The van der Waals surface area contributed by atoms with Crippen LogP contribution in [0.2, 0.25) is 0 Å². The van der Waals surface area contributed by atoms with Gasteiger partial charge < -0.3 is 20.7 Å². The smallest absolute Gasteiger partial charge is 0.408 e. The van der Waals surface area contributed by atoms with Crippen LogP contribution >= 0.6 is 0 Å². The third-order valence-corrected chi connectivity index (χ3v) is 3.59. The Balaban J connectivity index is 2.12. The van der Waals surface area contributed by atoms with Crippen LogP contribution in [0.25, 0.3) is 0 Å². The Morgan fingerprint density at radius 1 is 1.07 bits per heavy atom. The van der Waals surface area contributed by atoms with Crippen LogP contribution in [0.4, 0.5) is 21.9 Å². The summed E-state index contributed by atoms with van der Waals surface area (Å²) in [4.78, 5) is 24.4. The lowest BCUT2D eigenvalue weighted by molar-refractivity contribution is -0.117. The molecule has 0 spiro atoms. The quantitative estimate of drug-likeness (QED) is 0.723. The van der Waals surface area contributed by atoms with Crippen molar-refractivity contribution in [2.75, 3.05) is 10.6 Å². The molecular weight excluding hydrogens is 356 g/mol. The average Bonchev–Trinajstić information content (AvgIpc) is 2.62. The number of amides is 2. The zero-order valence-corrected chi connectivity index (χ0v) is 16.4. The highest BCUT2D eigenvalue weighted by molar-refractivity contribution is 5.99. The summed E-state index contributed by atoms with van der Waals surface area (Å²) in [5.41, 5.74) is 1.68. The molecule has 2 aromatic carbocycles. The summed E-state index contributed by atoms with van der Waals surface area (Å²) in [6.45, 7) is 6.80. The Morgan fingerprint density at radius 2 is 1.75 bits per heavy atom. The molecule has 0 aliphatic carbocycles. The molecule has 2 amide bonds. The number of carbonyl (C=O) groups is 2. The van der Waals surface area contributed by atoms with Gasteiger partial charge in [-0.05, 0) is 58.0 Å². The number of hydrogen-bond donors (Lipinski definition) is 3. The fraction of sp³-hybridized carbons (Fsp3) is 0.286. The first-order chi connectivity index (χ1) is 13.2. The number of nitrogens with one attached hydrogen (secondary N) is 3. The van der Waals surface area contributed by atoms with E-state index in [4.69, 9.17) is 10.00 Å². The first-order valence-corrected chi connectivity index (χ1v) is 8.84. The van der Waals surface area contributed by atoms with Gasteiger partial charge in [-0.25, -0.2) is 4.79 Å². The predicted molar refractivity (Wildman–Crippen MR) is 108 cm³/mol. The standard InChI is InChI=1S/C21H24N4O3/c1-14(23-20(27)28-21(2,3)4)19(26)25-17-11-10-15(13-22)12-18(17)24-16-8-6-5-7-9-16/h5-12,14,24H,1-4H3,(H,23,27)(H,25,26)/t14-/m0/s1. The number of para-hydroxylation sites is 1. The van der Waals surface area contributed by atoms with E-state index in [1.54, 1.807) is 45.9 Å². The third kappa shape index (κ3) is 6.32. The number of carbonyl (C=O) groups excluding carboxylic acids is 2. The maximum atomic E-state index is 12.5. The second-order valence-corrected chi connectivity index (χ2v) is 7.22. The van der Waals surface area contributed by atoms with Gasteiger partial charge in [0.15, 0.2) is 0 Å². The maximum absolute atomic E-state index is 12.5. The van der Waals surface area contributed by atoms with Crippen LogP contribution < -0.4 is 16.0 Å². The molecule has 0 aromatic heterocycles. The Bertz CT molecular complexity index is 883. The van der Waals surface area contributed by atoms with Gasteiger partial charge in [0.25, 0.3) is 0 Å². The van der Waals surface area contributed by atoms with Gasteiger partial charge in [-0.3, -0.25) is 4.79 Å². The normalized spacial score (nSPS) is 11.7. The van der Waals surface area contributed by atoms with E-state index in [2.05, 4.69) is 22.0 Å². The second-order valence-electron chi connectivity index (χ2n) is 7.22. The summed E-state index contributed by atoms with van der Waals surface area (Å²) in [6.07, 6.45) is -0.669. The second kappa shape index (κ2) is 8.91.